The molecule has 1 aromatic heterocycles. The Bertz CT molecular complexity index is 505. The molecule has 0 bridgehead atoms. The largest absolute Gasteiger partial charge is 0.478 e. The molecular weight excluding hydrogens is 278 g/mol. The zero-order valence-electron chi connectivity index (χ0n) is 11.8. The van der Waals surface area contributed by atoms with Crippen LogP contribution < -0.4 is 5.32 Å². The second kappa shape index (κ2) is 7.21. The molecule has 1 rings (SSSR count). The molecule has 20 heavy (non-hydrogen) atoms. The molecule has 0 unspecified atom stereocenters. The van der Waals surface area contributed by atoms with E-state index in [-0.39, 0.29) is 5.91 Å². The first-order chi connectivity index (χ1) is 9.32. The van der Waals surface area contributed by atoms with Crippen molar-refractivity contribution in [2.24, 2.45) is 0 Å². The number of carbonyl (C=O) groups is 2. The smallest absolute Gasteiger partial charge is 0.328 e. The maximum Gasteiger partial charge on any atom is 0.328 e. The van der Waals surface area contributed by atoms with Gasteiger partial charge >= 0.3 is 5.97 Å². The maximum absolute atomic E-state index is 11.7. The highest BCUT2D eigenvalue weighted by Crippen LogP contribution is 2.17. The van der Waals surface area contributed by atoms with Crippen LogP contribution in [0, 0.1) is 0 Å². The monoisotopic (exact) mass is 297 g/mol. The van der Waals surface area contributed by atoms with Gasteiger partial charge in [-0.3, -0.25) is 4.79 Å². The highest BCUT2D eigenvalue weighted by atomic mass is 32.1. The summed E-state index contributed by atoms with van der Waals surface area (Å²) in [6.07, 6.45) is 2.91. The van der Waals surface area contributed by atoms with Crippen LogP contribution in [0.5, 0.6) is 0 Å². The summed E-state index contributed by atoms with van der Waals surface area (Å²) in [7, 11) is 1.58. The Balaban J connectivity index is 2.46. The first kappa shape index (κ1) is 16.4. The highest BCUT2D eigenvalue weighted by molar-refractivity contribution is 7.10. The number of hydrogen-bond donors (Lipinski definition) is 2. The van der Waals surface area contributed by atoms with E-state index in [2.05, 4.69) is 5.32 Å². The van der Waals surface area contributed by atoms with E-state index in [0.29, 0.717) is 13.0 Å². The van der Waals surface area contributed by atoms with Crippen molar-refractivity contribution in [3.63, 3.8) is 0 Å². The zero-order chi connectivity index (χ0) is 15.2. The average Bonchev–Trinajstić information content (AvgIpc) is 2.81. The predicted octanol–water partition coefficient (Wildman–Crippen LogP) is 2.28. The molecule has 0 aromatic carbocycles. The van der Waals surface area contributed by atoms with E-state index in [1.54, 1.807) is 7.11 Å². The molecule has 1 aromatic rings. The molecule has 2 N–H and O–H groups in total. The van der Waals surface area contributed by atoms with Gasteiger partial charge < -0.3 is 15.2 Å². The minimum Gasteiger partial charge on any atom is -0.478 e. The second-order valence-corrected chi connectivity index (χ2v) is 5.93. The molecule has 0 saturated heterocycles. The van der Waals surface area contributed by atoms with Gasteiger partial charge in [0.2, 0.25) is 5.91 Å². The van der Waals surface area contributed by atoms with Crippen LogP contribution in [0.1, 0.15) is 30.7 Å². The summed E-state index contributed by atoms with van der Waals surface area (Å²) in [4.78, 5) is 23.1. The lowest BCUT2D eigenvalue weighted by Gasteiger charge is -2.21. The summed E-state index contributed by atoms with van der Waals surface area (Å²) in [5.74, 6) is -1.05. The number of carboxylic acid groups (broad SMARTS) is 1. The number of aliphatic carboxylic acids is 1. The van der Waals surface area contributed by atoms with Crippen molar-refractivity contribution in [3.8, 4) is 0 Å². The maximum atomic E-state index is 11.7. The molecule has 0 aliphatic heterocycles. The summed E-state index contributed by atoms with van der Waals surface area (Å²) in [5.41, 5.74) is 0.341. The minimum absolute atomic E-state index is 0.0760. The predicted molar refractivity (Wildman–Crippen MR) is 78.5 cm³/mol. The van der Waals surface area contributed by atoms with Gasteiger partial charge in [0.15, 0.2) is 0 Å². The molecule has 1 heterocycles. The number of carbonyl (C=O) groups excluding carboxylic acids is 1. The van der Waals surface area contributed by atoms with Gasteiger partial charge in [0.25, 0.3) is 0 Å². The first-order valence-electron chi connectivity index (χ1n) is 6.12. The van der Waals surface area contributed by atoms with Gasteiger partial charge in [0, 0.05) is 18.1 Å². The fourth-order valence-electron chi connectivity index (χ4n) is 1.45. The van der Waals surface area contributed by atoms with Crippen LogP contribution in [0.3, 0.4) is 0 Å². The van der Waals surface area contributed by atoms with Crippen LogP contribution >= 0.6 is 11.3 Å². The van der Waals surface area contributed by atoms with Crippen molar-refractivity contribution >= 4 is 29.3 Å². The molecule has 0 fully saturated rings. The summed E-state index contributed by atoms with van der Waals surface area (Å²) < 4.78 is 5.20. The van der Waals surface area contributed by atoms with Crippen molar-refractivity contribution in [1.82, 2.24) is 5.32 Å². The van der Waals surface area contributed by atoms with Crippen LogP contribution in [0.15, 0.2) is 17.5 Å². The standard InChI is InChI=1S/C14H19NO4S/c1-14(2,19-3)7-12(16)15-8-11-6-10(9-20-11)4-5-13(17)18/h4-6,9H,7-8H2,1-3H3,(H,15,16)(H,17,18)/b5-4+. The van der Waals surface area contributed by atoms with E-state index in [9.17, 15) is 9.59 Å². The highest BCUT2D eigenvalue weighted by Gasteiger charge is 2.20. The lowest BCUT2D eigenvalue weighted by Crippen LogP contribution is -2.33. The fourth-order valence-corrected chi connectivity index (χ4v) is 2.25. The van der Waals surface area contributed by atoms with E-state index >= 15 is 0 Å². The Labute approximate surface area is 122 Å². The van der Waals surface area contributed by atoms with E-state index in [1.807, 2.05) is 25.3 Å². The molecule has 0 aliphatic rings. The third kappa shape index (κ3) is 5.99. The fraction of sp³-hybridized carbons (Fsp3) is 0.429. The van der Waals surface area contributed by atoms with Crippen LogP contribution in [0.2, 0.25) is 0 Å². The second-order valence-electron chi connectivity index (χ2n) is 4.94. The first-order valence-corrected chi connectivity index (χ1v) is 7.00. The molecule has 110 valence electrons. The lowest BCUT2D eigenvalue weighted by atomic mass is 10.1. The number of ether oxygens (including phenoxy) is 1. The Hall–Kier alpha value is -1.66. The third-order valence-corrected chi connectivity index (χ3v) is 3.65. The summed E-state index contributed by atoms with van der Waals surface area (Å²) >= 11 is 1.48. The van der Waals surface area contributed by atoms with Gasteiger partial charge in [-0.2, -0.15) is 0 Å². The van der Waals surface area contributed by atoms with Crippen molar-refractivity contribution in [1.29, 1.82) is 0 Å². The van der Waals surface area contributed by atoms with Gasteiger partial charge in [-0.05, 0) is 36.9 Å². The number of hydrogen-bond acceptors (Lipinski definition) is 4. The summed E-state index contributed by atoms with van der Waals surface area (Å²) in [5, 5.41) is 13.2. The molecular formula is C14H19NO4S. The van der Waals surface area contributed by atoms with Crippen LogP contribution in [0.4, 0.5) is 0 Å². The molecule has 5 nitrogen and oxygen atoms in total. The SMILES string of the molecule is COC(C)(C)CC(=O)NCc1cc(/C=C/C(=O)O)cs1. The van der Waals surface area contributed by atoms with Crippen molar-refractivity contribution in [2.45, 2.75) is 32.4 Å². The number of amides is 1. The minimum atomic E-state index is -0.979. The quantitative estimate of drug-likeness (QED) is 0.757. The van der Waals surface area contributed by atoms with Gasteiger partial charge in [0.05, 0.1) is 18.6 Å². The van der Waals surface area contributed by atoms with Gasteiger partial charge in [-0.15, -0.1) is 11.3 Å². The topological polar surface area (TPSA) is 75.6 Å². The van der Waals surface area contributed by atoms with Crippen LogP contribution in [-0.4, -0.2) is 29.7 Å². The van der Waals surface area contributed by atoms with Gasteiger partial charge in [-0.1, -0.05) is 0 Å². The Morgan fingerprint density at radius 2 is 2.20 bits per heavy atom. The number of methoxy groups -OCH3 is 1. The van der Waals surface area contributed by atoms with E-state index in [1.165, 1.54) is 17.4 Å². The molecule has 1 amide bonds. The summed E-state index contributed by atoms with van der Waals surface area (Å²) in [6.45, 7) is 4.14. The number of carboxylic acids is 1. The molecule has 6 heteroatoms. The number of nitrogens with one attached hydrogen (secondary N) is 1. The van der Waals surface area contributed by atoms with Crippen molar-refractivity contribution in [2.75, 3.05) is 7.11 Å². The van der Waals surface area contributed by atoms with Crippen LogP contribution in [0.25, 0.3) is 6.08 Å². The van der Waals surface area contributed by atoms with E-state index in [0.717, 1.165) is 16.5 Å². The summed E-state index contributed by atoms with van der Waals surface area (Å²) in [6, 6.07) is 1.85. The average molecular weight is 297 g/mol. The molecule has 0 atom stereocenters. The molecule has 0 radical (unpaired) electrons. The Morgan fingerprint density at radius 1 is 1.50 bits per heavy atom. The molecule has 0 saturated carbocycles. The normalized spacial score (nSPS) is 11.8. The lowest BCUT2D eigenvalue weighted by molar-refractivity contribution is -0.131. The van der Waals surface area contributed by atoms with Gasteiger partial charge in [0.1, 0.15) is 0 Å². The van der Waals surface area contributed by atoms with Crippen LogP contribution in [-0.2, 0) is 20.9 Å². The third-order valence-electron chi connectivity index (χ3n) is 2.69. The Kier molecular flexibility index (Phi) is 5.91. The van der Waals surface area contributed by atoms with Crippen molar-refractivity contribution < 1.29 is 19.4 Å². The zero-order valence-corrected chi connectivity index (χ0v) is 12.6. The van der Waals surface area contributed by atoms with E-state index in [4.69, 9.17) is 9.84 Å². The van der Waals surface area contributed by atoms with Gasteiger partial charge in [-0.25, -0.2) is 4.79 Å². The number of rotatable bonds is 7. The Morgan fingerprint density at radius 3 is 2.80 bits per heavy atom. The number of thiophene rings is 1. The van der Waals surface area contributed by atoms with E-state index < -0.39 is 11.6 Å². The molecule has 0 spiro atoms. The molecule has 0 aliphatic carbocycles. The van der Waals surface area contributed by atoms with Crippen molar-refractivity contribution in [3.05, 3.63) is 28.0 Å².